The molecule has 1 aromatic carbocycles. The zero-order valence-electron chi connectivity index (χ0n) is 22.3. The molecule has 1 aliphatic rings. The summed E-state index contributed by atoms with van der Waals surface area (Å²) in [5, 5.41) is 6.69. The molecule has 1 unspecified atom stereocenters. The van der Waals surface area contributed by atoms with Gasteiger partial charge in [0.15, 0.2) is 5.82 Å². The number of nitrogen functional groups attached to an aromatic ring is 1. The van der Waals surface area contributed by atoms with E-state index in [9.17, 15) is 13.2 Å². The number of anilines is 2. The van der Waals surface area contributed by atoms with Crippen molar-refractivity contribution >= 4 is 33.4 Å². The monoisotopic (exact) mass is 568 g/mol. The lowest BCUT2D eigenvalue weighted by molar-refractivity contribution is -0.137. The number of ether oxygens (including phenoxy) is 2. The van der Waals surface area contributed by atoms with Crippen molar-refractivity contribution < 1.29 is 27.0 Å². The second-order valence-electron chi connectivity index (χ2n) is 9.83. The molecule has 41 heavy (non-hydrogen) atoms. The topological polar surface area (TPSA) is 128 Å². The SMILES string of the molecule is COc1nc2c3c(nc(-c4c(C(F)(F)F)c(C)cc5[nH]ncc45)c(F)c3n1)OC[C@H](C)N2C(C)c1cccnc1N. The first-order chi connectivity index (χ1) is 19.5. The summed E-state index contributed by atoms with van der Waals surface area (Å²) >= 11 is 0. The number of rotatable bonds is 4. The lowest BCUT2D eigenvalue weighted by Gasteiger charge is -2.34. The van der Waals surface area contributed by atoms with Crippen molar-refractivity contribution in [1.82, 2.24) is 30.1 Å². The molecule has 10 nitrogen and oxygen atoms in total. The highest BCUT2D eigenvalue weighted by Crippen LogP contribution is 2.47. The number of alkyl halides is 3. The van der Waals surface area contributed by atoms with Gasteiger partial charge in [-0.05, 0) is 38.5 Å². The lowest BCUT2D eigenvalue weighted by atomic mass is 9.94. The zero-order valence-corrected chi connectivity index (χ0v) is 22.3. The first-order valence-corrected chi connectivity index (χ1v) is 12.6. The van der Waals surface area contributed by atoms with Gasteiger partial charge >= 0.3 is 12.2 Å². The highest BCUT2D eigenvalue weighted by atomic mass is 19.4. The molecule has 0 radical (unpaired) electrons. The number of nitrogens with two attached hydrogens (primary N) is 1. The predicted molar refractivity (Wildman–Crippen MR) is 143 cm³/mol. The van der Waals surface area contributed by atoms with Gasteiger partial charge in [0.1, 0.15) is 34.8 Å². The summed E-state index contributed by atoms with van der Waals surface area (Å²) in [4.78, 5) is 19.1. The third-order valence-corrected chi connectivity index (χ3v) is 7.28. The maximum atomic E-state index is 16.6. The molecule has 2 atom stereocenters. The van der Waals surface area contributed by atoms with Gasteiger partial charge in [-0.15, -0.1) is 0 Å². The Morgan fingerprint density at radius 2 is 2.02 bits per heavy atom. The molecule has 14 heteroatoms. The summed E-state index contributed by atoms with van der Waals surface area (Å²) < 4.78 is 71.2. The first kappa shape index (κ1) is 26.5. The largest absolute Gasteiger partial charge is 0.475 e. The first-order valence-electron chi connectivity index (χ1n) is 12.6. The van der Waals surface area contributed by atoms with Crippen LogP contribution in [0.5, 0.6) is 11.9 Å². The number of aromatic amines is 1. The fourth-order valence-electron chi connectivity index (χ4n) is 5.48. The number of H-pyrrole nitrogens is 1. The fourth-order valence-corrected chi connectivity index (χ4v) is 5.48. The molecule has 0 bridgehead atoms. The Balaban J connectivity index is 1.69. The smallest absolute Gasteiger partial charge is 0.417 e. The molecule has 0 saturated carbocycles. The van der Waals surface area contributed by atoms with Gasteiger partial charge in [0.05, 0.1) is 36.5 Å². The summed E-state index contributed by atoms with van der Waals surface area (Å²) in [6, 6.07) is 3.91. The van der Waals surface area contributed by atoms with Gasteiger partial charge < -0.3 is 20.1 Å². The van der Waals surface area contributed by atoms with Crippen LogP contribution in [0.3, 0.4) is 0 Å². The van der Waals surface area contributed by atoms with Crippen LogP contribution >= 0.6 is 0 Å². The number of aryl methyl sites for hydroxylation is 1. The number of hydrogen-bond acceptors (Lipinski definition) is 9. The molecule has 1 aliphatic heterocycles. The van der Waals surface area contributed by atoms with Crippen LogP contribution in [-0.4, -0.2) is 49.9 Å². The summed E-state index contributed by atoms with van der Waals surface area (Å²) in [6.45, 7) is 5.10. The Kier molecular flexibility index (Phi) is 6.08. The number of pyridine rings is 2. The van der Waals surface area contributed by atoms with Crippen molar-refractivity contribution in [2.45, 2.75) is 39.0 Å². The molecule has 3 N–H and O–H groups in total. The van der Waals surface area contributed by atoms with Crippen molar-refractivity contribution in [2.24, 2.45) is 0 Å². The number of nitrogens with zero attached hydrogens (tertiary/aromatic N) is 6. The van der Waals surface area contributed by atoms with E-state index in [1.165, 1.54) is 26.3 Å². The number of nitrogens with one attached hydrogen (secondary N) is 1. The molecule has 5 aromatic rings. The molecule has 212 valence electrons. The van der Waals surface area contributed by atoms with Gasteiger partial charge in [-0.2, -0.15) is 28.2 Å². The van der Waals surface area contributed by atoms with Crippen LogP contribution in [0.25, 0.3) is 33.1 Å². The van der Waals surface area contributed by atoms with Crippen LogP contribution in [0, 0.1) is 12.7 Å². The molecule has 5 heterocycles. The normalized spacial score (nSPS) is 16.1. The molecule has 0 spiro atoms. The highest BCUT2D eigenvalue weighted by molar-refractivity contribution is 6.02. The van der Waals surface area contributed by atoms with Gasteiger partial charge in [-0.3, -0.25) is 5.10 Å². The number of aromatic nitrogens is 6. The third kappa shape index (κ3) is 4.12. The minimum absolute atomic E-state index is 0.0476. The Labute approximate surface area is 230 Å². The Bertz CT molecular complexity index is 1820. The zero-order chi connectivity index (χ0) is 29.2. The highest BCUT2D eigenvalue weighted by Gasteiger charge is 2.40. The molecular weight excluding hydrogens is 544 g/mol. The quantitative estimate of drug-likeness (QED) is 0.275. The van der Waals surface area contributed by atoms with Gasteiger partial charge in [-0.1, -0.05) is 6.07 Å². The van der Waals surface area contributed by atoms with Crippen molar-refractivity contribution in [3.05, 3.63) is 53.1 Å². The number of methoxy groups -OCH3 is 1. The minimum Gasteiger partial charge on any atom is -0.475 e. The summed E-state index contributed by atoms with van der Waals surface area (Å²) in [5.41, 5.74) is 4.65. The minimum atomic E-state index is -4.82. The molecule has 6 rings (SSSR count). The van der Waals surface area contributed by atoms with E-state index in [0.29, 0.717) is 16.9 Å². The van der Waals surface area contributed by atoms with E-state index in [0.717, 1.165) is 0 Å². The lowest BCUT2D eigenvalue weighted by Crippen LogP contribution is -2.39. The second kappa shape index (κ2) is 9.42. The average molecular weight is 569 g/mol. The predicted octanol–water partition coefficient (Wildman–Crippen LogP) is 5.37. The van der Waals surface area contributed by atoms with Crippen molar-refractivity contribution in [3.63, 3.8) is 0 Å². The Morgan fingerprint density at radius 3 is 2.73 bits per heavy atom. The Morgan fingerprint density at radius 1 is 1.24 bits per heavy atom. The van der Waals surface area contributed by atoms with E-state index >= 15 is 4.39 Å². The van der Waals surface area contributed by atoms with Crippen LogP contribution in [0.2, 0.25) is 0 Å². The molecule has 0 saturated heterocycles. The maximum Gasteiger partial charge on any atom is 0.417 e. The van der Waals surface area contributed by atoms with Crippen LogP contribution < -0.4 is 20.1 Å². The van der Waals surface area contributed by atoms with Crippen LogP contribution in [0.4, 0.5) is 29.2 Å². The fraction of sp³-hybridized carbons (Fsp3) is 0.296. The molecule has 0 fully saturated rings. The van der Waals surface area contributed by atoms with Gasteiger partial charge in [0.25, 0.3) is 0 Å². The van der Waals surface area contributed by atoms with Crippen LogP contribution in [0.15, 0.2) is 30.6 Å². The number of benzene rings is 1. The molecule has 4 aromatic heterocycles. The Hall–Kier alpha value is -4.75. The third-order valence-electron chi connectivity index (χ3n) is 7.28. The van der Waals surface area contributed by atoms with Gasteiger partial charge in [0.2, 0.25) is 5.88 Å². The van der Waals surface area contributed by atoms with Crippen molar-refractivity contribution in [1.29, 1.82) is 0 Å². The van der Waals surface area contributed by atoms with Gasteiger partial charge in [0, 0.05) is 22.7 Å². The molecular formula is C27H24F4N8O2. The average Bonchev–Trinajstić information content (AvgIpc) is 3.34. The number of halogens is 4. The summed E-state index contributed by atoms with van der Waals surface area (Å²) in [7, 11) is 1.32. The number of hydrogen-bond donors (Lipinski definition) is 2. The van der Waals surface area contributed by atoms with E-state index in [4.69, 9.17) is 15.2 Å². The van der Waals surface area contributed by atoms with E-state index in [1.54, 1.807) is 12.3 Å². The van der Waals surface area contributed by atoms with E-state index in [1.807, 2.05) is 24.8 Å². The maximum absolute atomic E-state index is 16.6. The van der Waals surface area contributed by atoms with E-state index in [-0.39, 0.29) is 52.2 Å². The van der Waals surface area contributed by atoms with Gasteiger partial charge in [-0.25, -0.2) is 14.4 Å². The summed E-state index contributed by atoms with van der Waals surface area (Å²) in [5.74, 6) is -0.663. The van der Waals surface area contributed by atoms with Crippen LogP contribution in [-0.2, 0) is 6.18 Å². The molecule has 0 amide bonds. The van der Waals surface area contributed by atoms with Crippen molar-refractivity contribution in [3.8, 4) is 23.1 Å². The molecule has 0 aliphatic carbocycles. The van der Waals surface area contributed by atoms with E-state index in [2.05, 4.69) is 30.1 Å². The summed E-state index contributed by atoms with van der Waals surface area (Å²) in [6.07, 6.45) is -2.04. The standard InChI is InChI=1S/C27H24F4N8O2/c1-11-8-16-15(9-34-38-16)17(19(11)27(29,30)31)21-20(28)22-18-24(37-26(36-22)40-4)39(12(2)10-41-25(18)35-21)13(3)14-6-5-7-33-23(14)32/h5-9,12-13H,10H2,1-4H3,(H2,32,33)(H,34,38)/t12-,13?/m0/s1. The number of fused-ring (bicyclic) bond motifs is 1. The van der Waals surface area contributed by atoms with Crippen LogP contribution in [0.1, 0.15) is 36.6 Å². The van der Waals surface area contributed by atoms with Crippen molar-refractivity contribution in [2.75, 3.05) is 24.4 Å². The second-order valence-corrected chi connectivity index (χ2v) is 9.83. The van der Waals surface area contributed by atoms with E-state index < -0.39 is 34.9 Å².